The fraction of sp³-hybridized carbons (Fsp3) is 0.562. The van der Waals surface area contributed by atoms with Crippen LogP contribution in [-0.2, 0) is 24.5 Å². The molecule has 1 aromatic rings. The van der Waals surface area contributed by atoms with Gasteiger partial charge in [-0.3, -0.25) is 4.79 Å². The number of hydrogen-bond donors (Lipinski definition) is 0. The van der Waals surface area contributed by atoms with Gasteiger partial charge in [0.1, 0.15) is 0 Å². The second-order valence-corrected chi connectivity index (χ2v) is 11.0. The van der Waals surface area contributed by atoms with Crippen LogP contribution in [0.5, 0.6) is 0 Å². The van der Waals surface area contributed by atoms with Crippen LogP contribution >= 0.6 is 0 Å². The molecule has 134 valence electrons. The van der Waals surface area contributed by atoms with Gasteiger partial charge in [-0.15, -0.1) is 0 Å². The molecule has 1 amide bonds. The van der Waals surface area contributed by atoms with Crippen LogP contribution in [-0.4, -0.2) is 57.5 Å². The molecule has 0 aromatic heterocycles. The number of rotatable bonds is 7. The van der Waals surface area contributed by atoms with E-state index in [9.17, 15) is 21.6 Å². The van der Waals surface area contributed by atoms with Gasteiger partial charge >= 0.3 is 0 Å². The van der Waals surface area contributed by atoms with E-state index in [-0.39, 0.29) is 47.7 Å². The highest BCUT2D eigenvalue weighted by atomic mass is 32.2. The molecule has 0 aliphatic carbocycles. The summed E-state index contributed by atoms with van der Waals surface area (Å²) < 4.78 is 48.4. The van der Waals surface area contributed by atoms with Gasteiger partial charge in [0.15, 0.2) is 19.7 Å². The van der Waals surface area contributed by atoms with Crippen molar-refractivity contribution in [2.24, 2.45) is 5.92 Å². The fourth-order valence-corrected chi connectivity index (χ4v) is 5.86. The Kier molecular flexibility index (Phi) is 5.70. The average Bonchev–Trinajstić information content (AvgIpc) is 2.43. The van der Waals surface area contributed by atoms with E-state index in [1.165, 1.54) is 17.0 Å². The quantitative estimate of drug-likeness (QED) is 0.715. The minimum absolute atomic E-state index is 0.0516. The first-order valence-corrected chi connectivity index (χ1v) is 11.3. The van der Waals surface area contributed by atoms with Gasteiger partial charge in [0.05, 0.1) is 21.7 Å². The third-order valence-electron chi connectivity index (χ3n) is 3.96. The molecule has 1 fully saturated rings. The van der Waals surface area contributed by atoms with Crippen molar-refractivity contribution in [3.63, 3.8) is 0 Å². The molecule has 0 bridgehead atoms. The van der Waals surface area contributed by atoms with E-state index >= 15 is 0 Å². The molecule has 1 aliphatic rings. The van der Waals surface area contributed by atoms with Crippen molar-refractivity contribution < 1.29 is 21.6 Å². The molecule has 1 heterocycles. The standard InChI is InChI=1S/C16H23NO5S2/c1-13(2)12-24(21,22)15-10-17(11-15)16(18)8-9-23(19,20)14-6-4-3-5-7-14/h3-7,13,15H,8-12H2,1-2H3. The van der Waals surface area contributed by atoms with E-state index < -0.39 is 24.9 Å². The van der Waals surface area contributed by atoms with Crippen LogP contribution in [0, 0.1) is 5.92 Å². The first kappa shape index (κ1) is 18.9. The Labute approximate surface area is 143 Å². The van der Waals surface area contributed by atoms with Gasteiger partial charge in [-0.2, -0.15) is 0 Å². The second-order valence-electron chi connectivity index (χ2n) is 6.53. The van der Waals surface area contributed by atoms with Gasteiger partial charge < -0.3 is 4.90 Å². The summed E-state index contributed by atoms with van der Waals surface area (Å²) in [4.78, 5) is 13.7. The van der Waals surface area contributed by atoms with Crippen molar-refractivity contribution in [3.8, 4) is 0 Å². The zero-order valence-corrected chi connectivity index (χ0v) is 15.5. The number of sulfone groups is 2. The van der Waals surface area contributed by atoms with Crippen LogP contribution in [0.2, 0.25) is 0 Å². The third-order valence-corrected chi connectivity index (χ3v) is 8.14. The van der Waals surface area contributed by atoms with E-state index in [2.05, 4.69) is 0 Å². The lowest BCUT2D eigenvalue weighted by Gasteiger charge is -2.39. The molecule has 1 aromatic carbocycles. The van der Waals surface area contributed by atoms with Gasteiger partial charge in [-0.1, -0.05) is 32.0 Å². The summed E-state index contributed by atoms with van der Waals surface area (Å²) in [7, 11) is -6.68. The summed E-state index contributed by atoms with van der Waals surface area (Å²) in [6.07, 6.45) is -0.131. The number of amides is 1. The molecule has 6 nitrogen and oxygen atoms in total. The van der Waals surface area contributed by atoms with Crippen molar-refractivity contribution in [1.29, 1.82) is 0 Å². The Morgan fingerprint density at radius 2 is 1.71 bits per heavy atom. The molecule has 0 radical (unpaired) electrons. The Morgan fingerprint density at radius 3 is 2.25 bits per heavy atom. The van der Waals surface area contributed by atoms with E-state index in [0.717, 1.165) is 0 Å². The Hall–Kier alpha value is -1.41. The number of nitrogens with zero attached hydrogens (tertiary/aromatic N) is 1. The normalized spacial score (nSPS) is 16.2. The van der Waals surface area contributed by atoms with Gasteiger partial charge in [-0.05, 0) is 18.1 Å². The van der Waals surface area contributed by atoms with Crippen LogP contribution in [0.15, 0.2) is 35.2 Å². The lowest BCUT2D eigenvalue weighted by atomic mass is 10.2. The number of hydrogen-bond acceptors (Lipinski definition) is 5. The fourth-order valence-electron chi connectivity index (χ4n) is 2.60. The number of carbonyl (C=O) groups is 1. The van der Waals surface area contributed by atoms with Crippen molar-refractivity contribution in [3.05, 3.63) is 30.3 Å². The van der Waals surface area contributed by atoms with E-state index in [4.69, 9.17) is 0 Å². The number of likely N-dealkylation sites (tertiary alicyclic amines) is 1. The van der Waals surface area contributed by atoms with E-state index in [0.29, 0.717) is 0 Å². The van der Waals surface area contributed by atoms with Gasteiger partial charge in [-0.25, -0.2) is 16.8 Å². The maximum atomic E-state index is 12.1. The zero-order chi connectivity index (χ0) is 18.0. The molecule has 8 heteroatoms. The summed E-state index contributed by atoms with van der Waals surface area (Å²) in [6, 6.07) is 7.99. The minimum Gasteiger partial charge on any atom is -0.340 e. The molecule has 2 rings (SSSR count). The number of carbonyl (C=O) groups excluding carboxylic acids is 1. The van der Waals surface area contributed by atoms with E-state index in [1.54, 1.807) is 18.2 Å². The predicted octanol–water partition coefficient (Wildman–Crippen LogP) is 1.13. The van der Waals surface area contributed by atoms with Crippen LogP contribution < -0.4 is 0 Å². The van der Waals surface area contributed by atoms with Gasteiger partial charge in [0.25, 0.3) is 0 Å². The summed E-state index contributed by atoms with van der Waals surface area (Å²) in [5.41, 5.74) is 0. The monoisotopic (exact) mass is 373 g/mol. The first-order valence-electron chi connectivity index (χ1n) is 7.89. The molecule has 1 saturated heterocycles. The Balaban J connectivity index is 1.86. The zero-order valence-electron chi connectivity index (χ0n) is 13.9. The van der Waals surface area contributed by atoms with Crippen LogP contribution in [0.3, 0.4) is 0 Å². The molecule has 0 spiro atoms. The molecular formula is C16H23NO5S2. The Bertz CT molecular complexity index is 779. The Morgan fingerprint density at radius 1 is 1.12 bits per heavy atom. The van der Waals surface area contributed by atoms with Gasteiger partial charge in [0.2, 0.25) is 5.91 Å². The average molecular weight is 373 g/mol. The highest BCUT2D eigenvalue weighted by Gasteiger charge is 2.39. The molecule has 0 unspecified atom stereocenters. The maximum absolute atomic E-state index is 12.1. The van der Waals surface area contributed by atoms with Gasteiger partial charge in [0, 0.05) is 19.5 Å². The number of benzene rings is 1. The van der Waals surface area contributed by atoms with Crippen molar-refractivity contribution in [2.45, 2.75) is 30.4 Å². The predicted molar refractivity (Wildman–Crippen MR) is 92.1 cm³/mol. The summed E-state index contributed by atoms with van der Waals surface area (Å²) >= 11 is 0. The SMILES string of the molecule is CC(C)CS(=O)(=O)C1CN(C(=O)CCS(=O)(=O)c2ccccc2)C1. The molecule has 0 N–H and O–H groups in total. The minimum atomic E-state index is -3.50. The second kappa shape index (κ2) is 7.23. The molecule has 24 heavy (non-hydrogen) atoms. The summed E-state index contributed by atoms with van der Waals surface area (Å²) in [5.74, 6) is -0.418. The molecule has 1 aliphatic heterocycles. The van der Waals surface area contributed by atoms with Crippen molar-refractivity contribution in [1.82, 2.24) is 4.90 Å². The molecule has 0 saturated carbocycles. The maximum Gasteiger partial charge on any atom is 0.223 e. The molecular weight excluding hydrogens is 350 g/mol. The smallest absolute Gasteiger partial charge is 0.223 e. The third kappa shape index (κ3) is 4.57. The summed E-state index contributed by atoms with van der Waals surface area (Å²) in [5, 5.41) is -0.519. The topological polar surface area (TPSA) is 88.6 Å². The van der Waals surface area contributed by atoms with Crippen LogP contribution in [0.25, 0.3) is 0 Å². The van der Waals surface area contributed by atoms with Crippen LogP contribution in [0.1, 0.15) is 20.3 Å². The van der Waals surface area contributed by atoms with Crippen LogP contribution in [0.4, 0.5) is 0 Å². The van der Waals surface area contributed by atoms with Crippen molar-refractivity contribution in [2.75, 3.05) is 24.6 Å². The lowest BCUT2D eigenvalue weighted by molar-refractivity contribution is -0.133. The summed E-state index contributed by atoms with van der Waals surface area (Å²) in [6.45, 7) is 4.01. The first-order chi connectivity index (χ1) is 11.1. The highest BCUT2D eigenvalue weighted by Crippen LogP contribution is 2.20. The van der Waals surface area contributed by atoms with E-state index in [1.807, 2.05) is 13.8 Å². The largest absolute Gasteiger partial charge is 0.340 e. The van der Waals surface area contributed by atoms with Crippen molar-refractivity contribution >= 4 is 25.6 Å². The highest BCUT2D eigenvalue weighted by molar-refractivity contribution is 7.92. The lowest BCUT2D eigenvalue weighted by Crippen LogP contribution is -2.57. The molecule has 0 atom stereocenters.